The molecule has 0 aliphatic carbocycles. The second-order valence-electron chi connectivity index (χ2n) is 7.02. The molecule has 0 atom stereocenters. The van der Waals surface area contributed by atoms with Crippen LogP contribution in [0.2, 0.25) is 0 Å². The van der Waals surface area contributed by atoms with Gasteiger partial charge in [-0.2, -0.15) is 0 Å². The maximum Gasteiger partial charge on any atom is 0.222 e. The summed E-state index contributed by atoms with van der Waals surface area (Å²) in [6.07, 6.45) is 20.3. The topological polar surface area (TPSA) is 25.2 Å². The molecule has 3 heteroatoms. The second kappa shape index (κ2) is 14.1. The Labute approximate surface area is 149 Å². The Balaban J connectivity index is 0.000000341. The van der Waals surface area contributed by atoms with Crippen molar-refractivity contribution < 1.29 is 4.79 Å². The van der Waals surface area contributed by atoms with Crippen molar-refractivity contribution >= 4 is 5.91 Å². The van der Waals surface area contributed by atoms with Crippen molar-refractivity contribution in [2.24, 2.45) is 0 Å². The molecule has 0 spiro atoms. The van der Waals surface area contributed by atoms with E-state index >= 15 is 0 Å². The molecule has 0 bridgehead atoms. The highest BCUT2D eigenvalue weighted by atomic mass is 16.2. The van der Waals surface area contributed by atoms with E-state index in [1.54, 1.807) is 4.90 Å². The van der Waals surface area contributed by atoms with Gasteiger partial charge < -0.3 is 9.47 Å². The average molecular weight is 335 g/mol. The molecule has 1 saturated heterocycles. The third-order valence-corrected chi connectivity index (χ3v) is 4.75. The molecule has 1 aliphatic rings. The minimum Gasteiger partial charge on any atom is -0.354 e. The van der Waals surface area contributed by atoms with Crippen molar-refractivity contribution in [2.45, 2.75) is 90.5 Å². The average Bonchev–Trinajstić information content (AvgIpc) is 3.22. The number of amides is 1. The fourth-order valence-corrected chi connectivity index (χ4v) is 3.08. The summed E-state index contributed by atoms with van der Waals surface area (Å²) in [7, 11) is 1.84. The van der Waals surface area contributed by atoms with E-state index in [-0.39, 0.29) is 0 Å². The fourth-order valence-electron chi connectivity index (χ4n) is 3.08. The van der Waals surface area contributed by atoms with Gasteiger partial charge in [0.05, 0.1) is 0 Å². The van der Waals surface area contributed by atoms with E-state index in [0.29, 0.717) is 5.91 Å². The smallest absolute Gasteiger partial charge is 0.222 e. The third-order valence-electron chi connectivity index (χ3n) is 4.75. The molecule has 24 heavy (non-hydrogen) atoms. The zero-order valence-electron chi connectivity index (χ0n) is 16.0. The highest BCUT2D eigenvalue weighted by molar-refractivity contribution is 5.77. The molecule has 1 aromatic heterocycles. The number of rotatable bonds is 11. The Hall–Kier alpha value is -1.25. The summed E-state index contributed by atoms with van der Waals surface area (Å²) in [5.41, 5.74) is 0. The second-order valence-corrected chi connectivity index (χ2v) is 7.02. The molecular weight excluding hydrogens is 296 g/mol. The van der Waals surface area contributed by atoms with Crippen LogP contribution in [0.25, 0.3) is 0 Å². The molecule has 1 aliphatic heterocycles. The zero-order chi connectivity index (χ0) is 17.5. The predicted octanol–water partition coefficient (Wildman–Crippen LogP) is 5.65. The predicted molar refractivity (Wildman–Crippen MR) is 103 cm³/mol. The Morgan fingerprint density at radius 1 is 0.875 bits per heavy atom. The Bertz CT molecular complexity index is 400. The van der Waals surface area contributed by atoms with Crippen molar-refractivity contribution in [2.75, 3.05) is 13.6 Å². The van der Waals surface area contributed by atoms with E-state index in [4.69, 9.17) is 0 Å². The molecule has 1 fully saturated rings. The van der Waals surface area contributed by atoms with Gasteiger partial charge in [-0.1, -0.05) is 64.7 Å². The molecule has 1 aromatic rings. The first kappa shape index (κ1) is 20.8. The van der Waals surface area contributed by atoms with Crippen LogP contribution in [0.5, 0.6) is 0 Å². The third kappa shape index (κ3) is 10.5. The van der Waals surface area contributed by atoms with Gasteiger partial charge in [0.1, 0.15) is 0 Å². The molecule has 0 unspecified atom stereocenters. The molecular formula is C21H38N2O. The van der Waals surface area contributed by atoms with E-state index in [1.165, 1.54) is 70.8 Å². The minimum absolute atomic E-state index is 0.292. The van der Waals surface area contributed by atoms with Gasteiger partial charge in [0.15, 0.2) is 0 Å². The highest BCUT2D eigenvalue weighted by Gasteiger charge is 2.14. The van der Waals surface area contributed by atoms with Gasteiger partial charge in [-0.25, -0.2) is 0 Å². The number of nitrogens with zero attached hydrogens (tertiary/aromatic N) is 2. The van der Waals surface area contributed by atoms with Crippen molar-refractivity contribution in [1.82, 2.24) is 9.47 Å². The molecule has 0 saturated carbocycles. The summed E-state index contributed by atoms with van der Waals surface area (Å²) in [6.45, 7) is 4.44. The first-order chi connectivity index (χ1) is 11.7. The number of hydrogen-bond donors (Lipinski definition) is 0. The molecule has 0 N–H and O–H groups in total. The largest absolute Gasteiger partial charge is 0.354 e. The van der Waals surface area contributed by atoms with Crippen LogP contribution in [0.15, 0.2) is 24.5 Å². The van der Waals surface area contributed by atoms with Crippen LogP contribution in [0.4, 0.5) is 0 Å². The van der Waals surface area contributed by atoms with Crippen molar-refractivity contribution in [3.05, 3.63) is 24.5 Å². The fraction of sp³-hybridized carbons (Fsp3) is 0.762. The van der Waals surface area contributed by atoms with Crippen LogP contribution < -0.4 is 0 Å². The Morgan fingerprint density at radius 3 is 1.83 bits per heavy atom. The van der Waals surface area contributed by atoms with E-state index in [1.807, 2.05) is 7.05 Å². The maximum atomic E-state index is 10.5. The van der Waals surface area contributed by atoms with Crippen molar-refractivity contribution in [3.8, 4) is 0 Å². The number of aryl methyl sites for hydroxylation is 1. The van der Waals surface area contributed by atoms with E-state index in [9.17, 15) is 4.79 Å². The van der Waals surface area contributed by atoms with Gasteiger partial charge in [-0.05, 0) is 25.0 Å². The normalized spacial score (nSPS) is 13.9. The van der Waals surface area contributed by atoms with E-state index < -0.39 is 0 Å². The van der Waals surface area contributed by atoms with Gasteiger partial charge in [-0.15, -0.1) is 0 Å². The summed E-state index contributed by atoms with van der Waals surface area (Å²) >= 11 is 0. The van der Waals surface area contributed by atoms with Crippen LogP contribution in [0.1, 0.15) is 84.0 Å². The summed E-state index contributed by atoms with van der Waals surface area (Å²) in [5.74, 6) is 0.292. The molecule has 2 rings (SSSR count). The Morgan fingerprint density at radius 2 is 1.42 bits per heavy atom. The van der Waals surface area contributed by atoms with E-state index in [2.05, 4.69) is 36.0 Å². The quantitative estimate of drug-likeness (QED) is 0.480. The molecule has 138 valence electrons. The lowest BCUT2D eigenvalue weighted by Crippen LogP contribution is -2.17. The summed E-state index contributed by atoms with van der Waals surface area (Å²) < 4.78 is 2.28. The highest BCUT2D eigenvalue weighted by Crippen LogP contribution is 2.11. The van der Waals surface area contributed by atoms with Gasteiger partial charge in [0.2, 0.25) is 5.91 Å². The van der Waals surface area contributed by atoms with Crippen LogP contribution in [-0.2, 0) is 11.3 Å². The standard InChI is InChI=1S/C16H29N.C5H9NO/c1-2-3-4-5-6-7-8-9-10-11-14-17-15-12-13-16-17;1-6-4-2-3-5(6)7/h12-13,15-16H,2-11,14H2,1H3;2-4H2,1H3. The molecule has 1 amide bonds. The van der Waals surface area contributed by atoms with E-state index in [0.717, 1.165) is 19.4 Å². The minimum atomic E-state index is 0.292. The molecule has 3 nitrogen and oxygen atoms in total. The lowest BCUT2D eigenvalue weighted by molar-refractivity contribution is -0.126. The van der Waals surface area contributed by atoms with Crippen molar-refractivity contribution in [1.29, 1.82) is 0 Å². The van der Waals surface area contributed by atoms with Crippen LogP contribution in [0.3, 0.4) is 0 Å². The van der Waals surface area contributed by atoms with Gasteiger partial charge in [0, 0.05) is 39.0 Å². The monoisotopic (exact) mass is 334 g/mol. The number of unbranched alkanes of at least 4 members (excludes halogenated alkanes) is 9. The van der Waals surface area contributed by atoms with Gasteiger partial charge >= 0.3 is 0 Å². The van der Waals surface area contributed by atoms with Crippen molar-refractivity contribution in [3.63, 3.8) is 0 Å². The number of likely N-dealkylation sites (tertiary alicyclic amines) is 1. The maximum absolute atomic E-state index is 10.5. The van der Waals surface area contributed by atoms with Gasteiger partial charge in [-0.3, -0.25) is 4.79 Å². The lowest BCUT2D eigenvalue weighted by atomic mass is 10.1. The number of hydrogen-bond acceptors (Lipinski definition) is 1. The van der Waals surface area contributed by atoms with Gasteiger partial charge in [0.25, 0.3) is 0 Å². The summed E-state index contributed by atoms with van der Waals surface area (Å²) in [4.78, 5) is 12.3. The van der Waals surface area contributed by atoms with Crippen LogP contribution in [0, 0.1) is 0 Å². The lowest BCUT2D eigenvalue weighted by Gasteiger charge is -2.03. The number of carbonyl (C=O) groups is 1. The molecule has 0 radical (unpaired) electrons. The number of aromatic nitrogens is 1. The number of carbonyl (C=O) groups excluding carboxylic acids is 1. The zero-order valence-corrected chi connectivity index (χ0v) is 16.0. The first-order valence-corrected chi connectivity index (χ1v) is 10.1. The molecule has 0 aromatic carbocycles. The first-order valence-electron chi connectivity index (χ1n) is 10.1. The molecule has 2 heterocycles. The SMILES string of the molecule is CCCCCCCCCCCCn1cccc1.CN1CCCC1=O. The van der Waals surface area contributed by atoms with Crippen LogP contribution in [-0.4, -0.2) is 29.0 Å². The summed E-state index contributed by atoms with van der Waals surface area (Å²) in [6, 6.07) is 4.21. The van der Waals surface area contributed by atoms with Crippen LogP contribution >= 0.6 is 0 Å². The summed E-state index contributed by atoms with van der Waals surface area (Å²) in [5, 5.41) is 0. The Kier molecular flexibility index (Phi) is 12.2.